The van der Waals surface area contributed by atoms with E-state index in [1.165, 1.54) is 0 Å². The van der Waals surface area contributed by atoms with Crippen LogP contribution in [0.5, 0.6) is 0 Å². The molecule has 1 heterocycles. The minimum Gasteiger partial charge on any atom is -0.395 e. The van der Waals surface area contributed by atoms with Crippen molar-refractivity contribution < 1.29 is 29.4 Å². The number of nitrogens with two attached hydrogens (primary N) is 1. The van der Waals surface area contributed by atoms with Gasteiger partial charge in [-0.3, -0.25) is 19.2 Å². The number of aliphatic hydroxyl groups is 2. The molecule has 3 amide bonds. The van der Waals surface area contributed by atoms with Crippen LogP contribution >= 0.6 is 0 Å². The molecule has 1 saturated heterocycles. The second-order valence-corrected chi connectivity index (χ2v) is 12.1. The number of hydrogen-bond donors (Lipinski definition) is 11. The van der Waals surface area contributed by atoms with Crippen LogP contribution in [0.25, 0.3) is 0 Å². The van der Waals surface area contributed by atoms with Crippen LogP contribution in [0.4, 0.5) is 0 Å². The average molecular weight is 661 g/mol. The van der Waals surface area contributed by atoms with Gasteiger partial charge in [-0.15, -0.1) is 0 Å². The second-order valence-electron chi connectivity index (χ2n) is 12.1. The van der Waals surface area contributed by atoms with E-state index in [1.807, 2.05) is 4.90 Å². The molecule has 270 valence electrons. The fourth-order valence-electron chi connectivity index (χ4n) is 5.27. The number of amides is 3. The van der Waals surface area contributed by atoms with Crippen LogP contribution in [0, 0.1) is 5.92 Å². The molecule has 1 rings (SSSR count). The van der Waals surface area contributed by atoms with Crippen LogP contribution in [0.15, 0.2) is 0 Å². The minimum atomic E-state index is -0.508. The highest BCUT2D eigenvalue weighted by Crippen LogP contribution is 2.17. The molecular weight excluding hydrogens is 596 g/mol. The van der Waals surface area contributed by atoms with E-state index in [0.29, 0.717) is 32.1 Å². The molecule has 1 aliphatic heterocycles. The quantitative estimate of drug-likeness (QED) is 0.0274. The van der Waals surface area contributed by atoms with Gasteiger partial charge in [0.2, 0.25) is 17.7 Å². The van der Waals surface area contributed by atoms with Crippen molar-refractivity contribution in [3.05, 3.63) is 0 Å². The second kappa shape index (κ2) is 27.0. The molecule has 0 aromatic carbocycles. The molecule has 1 aliphatic rings. The van der Waals surface area contributed by atoms with Gasteiger partial charge in [0.1, 0.15) is 6.61 Å². The Balaban J connectivity index is 2.25. The van der Waals surface area contributed by atoms with Gasteiger partial charge in [0.05, 0.1) is 26.3 Å². The summed E-state index contributed by atoms with van der Waals surface area (Å²) < 4.78 is 0. The molecule has 0 aliphatic carbocycles. The molecule has 0 aromatic rings. The fourth-order valence-corrected chi connectivity index (χ4v) is 5.27. The number of nitrogens with zero attached hydrogens (tertiary/aromatic N) is 1. The van der Waals surface area contributed by atoms with Crippen molar-refractivity contribution >= 4 is 17.7 Å². The number of carbonyl (C=O) groups is 3. The van der Waals surface area contributed by atoms with Gasteiger partial charge in [-0.2, -0.15) is 0 Å². The van der Waals surface area contributed by atoms with Gasteiger partial charge >= 0.3 is 0 Å². The van der Waals surface area contributed by atoms with Crippen LogP contribution in [0.1, 0.15) is 46.5 Å². The average Bonchev–Trinajstić information content (AvgIpc) is 3.52. The maximum atomic E-state index is 12.8. The minimum absolute atomic E-state index is 0.0264. The van der Waals surface area contributed by atoms with Crippen LogP contribution < -0.4 is 48.4 Å². The number of nitrogens with one attached hydrogen (secondary N) is 8. The van der Waals surface area contributed by atoms with Gasteiger partial charge < -0.3 is 57.6 Å². The molecule has 16 nitrogen and oxygen atoms in total. The van der Waals surface area contributed by atoms with Crippen molar-refractivity contribution in [1.29, 1.82) is 0 Å². The fraction of sp³-hybridized carbons (Fsp3) is 0.900. The smallest absolute Gasteiger partial charge is 0.248 e. The zero-order valence-corrected chi connectivity index (χ0v) is 28.4. The first-order valence-corrected chi connectivity index (χ1v) is 16.9. The van der Waals surface area contributed by atoms with Gasteiger partial charge in [0.25, 0.3) is 0 Å². The summed E-state index contributed by atoms with van der Waals surface area (Å²) in [6.07, 6.45) is 3.91. The number of likely N-dealkylation sites (tertiary alicyclic amines) is 1. The number of carbonyl (C=O) groups excluding carboxylic acids is 3. The molecule has 0 bridgehead atoms. The lowest BCUT2D eigenvalue weighted by atomic mass is 10.0. The monoisotopic (exact) mass is 661 g/mol. The highest BCUT2D eigenvalue weighted by Gasteiger charge is 2.29. The SMILES string of the molecule is CCCC(CNCCNCCNC(CO)CNC(CNCCO)C(C)C)NCC1CCCN1C(=O)CNC(=O)CNC(=O)CON. The van der Waals surface area contributed by atoms with E-state index >= 15 is 0 Å². The lowest BCUT2D eigenvalue weighted by molar-refractivity contribution is -0.133. The van der Waals surface area contributed by atoms with Crippen molar-refractivity contribution in [2.45, 2.75) is 70.6 Å². The Morgan fingerprint density at radius 2 is 1.59 bits per heavy atom. The van der Waals surface area contributed by atoms with E-state index in [2.05, 4.69) is 68.1 Å². The third kappa shape index (κ3) is 19.6. The number of aliphatic hydroxyl groups excluding tert-OH is 2. The first kappa shape index (κ1) is 42.0. The summed E-state index contributed by atoms with van der Waals surface area (Å²) >= 11 is 0. The highest BCUT2D eigenvalue weighted by molar-refractivity contribution is 5.88. The van der Waals surface area contributed by atoms with Crippen molar-refractivity contribution in [2.24, 2.45) is 11.8 Å². The molecule has 0 saturated carbocycles. The van der Waals surface area contributed by atoms with E-state index in [-0.39, 0.29) is 63.0 Å². The van der Waals surface area contributed by atoms with Crippen molar-refractivity contribution in [2.75, 3.05) is 98.4 Å². The summed E-state index contributed by atoms with van der Waals surface area (Å²) in [4.78, 5) is 42.1. The van der Waals surface area contributed by atoms with Crippen molar-refractivity contribution in [3.8, 4) is 0 Å². The maximum Gasteiger partial charge on any atom is 0.248 e. The molecule has 1 fully saturated rings. The van der Waals surface area contributed by atoms with Crippen molar-refractivity contribution in [1.82, 2.24) is 47.4 Å². The van der Waals surface area contributed by atoms with Gasteiger partial charge in [0.15, 0.2) is 0 Å². The third-order valence-corrected chi connectivity index (χ3v) is 7.98. The van der Waals surface area contributed by atoms with Gasteiger partial charge in [-0.05, 0) is 25.2 Å². The Labute approximate surface area is 275 Å². The van der Waals surface area contributed by atoms with E-state index in [4.69, 9.17) is 11.0 Å². The Morgan fingerprint density at radius 1 is 0.870 bits per heavy atom. The molecule has 12 N–H and O–H groups in total. The molecule has 0 radical (unpaired) electrons. The molecule has 16 heteroatoms. The zero-order valence-electron chi connectivity index (χ0n) is 28.4. The molecule has 4 unspecified atom stereocenters. The van der Waals surface area contributed by atoms with Crippen LogP contribution in [-0.2, 0) is 19.2 Å². The van der Waals surface area contributed by atoms with E-state index in [9.17, 15) is 19.5 Å². The predicted octanol–water partition coefficient (Wildman–Crippen LogP) is -3.82. The summed E-state index contributed by atoms with van der Waals surface area (Å²) in [6, 6.07) is 0.608. The molecule has 46 heavy (non-hydrogen) atoms. The Hall–Kier alpha value is -1.99. The lowest BCUT2D eigenvalue weighted by Crippen LogP contribution is -2.50. The summed E-state index contributed by atoms with van der Waals surface area (Å²) in [6.45, 7) is 13.4. The van der Waals surface area contributed by atoms with E-state index in [0.717, 1.165) is 65.0 Å². The largest absolute Gasteiger partial charge is 0.395 e. The Kier molecular flexibility index (Phi) is 24.7. The zero-order chi connectivity index (χ0) is 34.0. The predicted molar refractivity (Wildman–Crippen MR) is 179 cm³/mol. The molecule has 0 aromatic heterocycles. The summed E-state index contributed by atoms with van der Waals surface area (Å²) in [5, 5.41) is 44.4. The first-order chi connectivity index (χ1) is 22.2. The van der Waals surface area contributed by atoms with Gasteiger partial charge in [-0.1, -0.05) is 27.2 Å². The topological polar surface area (TPSA) is 226 Å². The van der Waals surface area contributed by atoms with Crippen LogP contribution in [-0.4, -0.2) is 155 Å². The number of rotatable bonds is 29. The maximum absolute atomic E-state index is 12.8. The molecule has 4 atom stereocenters. The standard InChI is InChI=1S/C30H64N10O6/c1-4-6-24(36-17-26-7-5-13-40(26)30(45)20-39-28(43)19-38-29(44)22-46-31)15-33-9-8-32-10-11-35-25(21-42)16-37-27(23(2)3)18-34-12-14-41/h23-27,32-37,41-42H,4-22,31H2,1-3H3,(H,38,44)(H,39,43). The van der Waals surface area contributed by atoms with Crippen LogP contribution in [0.2, 0.25) is 0 Å². The van der Waals surface area contributed by atoms with Crippen molar-refractivity contribution in [3.63, 3.8) is 0 Å². The highest BCUT2D eigenvalue weighted by atomic mass is 16.6. The van der Waals surface area contributed by atoms with Crippen LogP contribution in [0.3, 0.4) is 0 Å². The van der Waals surface area contributed by atoms with Gasteiger partial charge in [-0.25, -0.2) is 5.90 Å². The Bertz CT molecular complexity index is 812. The number of hydrogen-bond acceptors (Lipinski definition) is 13. The summed E-state index contributed by atoms with van der Waals surface area (Å²) in [5.74, 6) is 4.18. The van der Waals surface area contributed by atoms with Gasteiger partial charge in [0, 0.05) is 89.6 Å². The first-order valence-electron chi connectivity index (χ1n) is 16.9. The lowest BCUT2D eigenvalue weighted by Gasteiger charge is -2.28. The summed E-state index contributed by atoms with van der Waals surface area (Å²) in [5.41, 5.74) is 0. The van der Waals surface area contributed by atoms with E-state index < -0.39 is 11.8 Å². The molecule has 0 spiro atoms. The Morgan fingerprint density at radius 3 is 2.28 bits per heavy atom. The normalized spacial score (nSPS) is 16.8. The third-order valence-electron chi connectivity index (χ3n) is 7.98. The summed E-state index contributed by atoms with van der Waals surface area (Å²) in [7, 11) is 0. The molecular formula is C30H64N10O6. The van der Waals surface area contributed by atoms with E-state index in [1.54, 1.807) is 0 Å².